The molecule has 0 aromatic carbocycles. The fraction of sp³-hybridized carbons (Fsp3) is 0.647. The summed E-state index contributed by atoms with van der Waals surface area (Å²) < 4.78 is 5.26. The standard InChI is InChI=1S/C17H24ClN3O3/c18-14-10-13(16(23)21-5-8-24-9-6-21)11-19-15(14)20-12-17(4-7-22)2-1-3-17/h10-11,22H,1-9,12H2,(H,19,20). The average molecular weight is 354 g/mol. The maximum absolute atomic E-state index is 12.4. The lowest BCUT2D eigenvalue weighted by Gasteiger charge is -2.42. The number of nitrogens with one attached hydrogen (secondary N) is 1. The maximum Gasteiger partial charge on any atom is 0.255 e. The Hall–Kier alpha value is -1.37. The summed E-state index contributed by atoms with van der Waals surface area (Å²) in [6.07, 6.45) is 5.81. The predicted octanol–water partition coefficient (Wildman–Crippen LogP) is 2.17. The highest BCUT2D eigenvalue weighted by molar-refractivity contribution is 6.33. The van der Waals surface area contributed by atoms with E-state index in [1.807, 2.05) is 0 Å². The number of hydrogen-bond acceptors (Lipinski definition) is 5. The van der Waals surface area contributed by atoms with Crippen LogP contribution in [0, 0.1) is 5.41 Å². The van der Waals surface area contributed by atoms with Gasteiger partial charge in [-0.1, -0.05) is 18.0 Å². The normalized spacial score (nSPS) is 19.7. The molecule has 2 aliphatic rings. The van der Waals surface area contributed by atoms with Crippen molar-refractivity contribution < 1.29 is 14.6 Å². The summed E-state index contributed by atoms with van der Waals surface area (Å²) in [5.74, 6) is 0.536. The molecule has 1 saturated carbocycles. The van der Waals surface area contributed by atoms with Gasteiger partial charge >= 0.3 is 0 Å². The Morgan fingerprint density at radius 3 is 2.75 bits per heavy atom. The Balaban J connectivity index is 1.63. The third-order valence-electron chi connectivity index (χ3n) is 5.07. The molecule has 132 valence electrons. The van der Waals surface area contributed by atoms with E-state index in [4.69, 9.17) is 16.3 Å². The monoisotopic (exact) mass is 353 g/mol. The average Bonchev–Trinajstić information content (AvgIpc) is 2.58. The summed E-state index contributed by atoms with van der Waals surface area (Å²) in [7, 11) is 0. The minimum atomic E-state index is -0.0602. The quantitative estimate of drug-likeness (QED) is 0.819. The van der Waals surface area contributed by atoms with Gasteiger partial charge in [-0.3, -0.25) is 4.79 Å². The highest BCUT2D eigenvalue weighted by Crippen LogP contribution is 2.43. The lowest BCUT2D eigenvalue weighted by atomic mass is 9.67. The Bertz CT molecular complexity index is 586. The molecule has 1 aromatic heterocycles. The van der Waals surface area contributed by atoms with Gasteiger partial charge in [0.1, 0.15) is 5.82 Å². The second kappa shape index (κ2) is 7.68. The molecule has 6 nitrogen and oxygen atoms in total. The Morgan fingerprint density at radius 1 is 1.42 bits per heavy atom. The van der Waals surface area contributed by atoms with Gasteiger partial charge in [-0.25, -0.2) is 4.98 Å². The van der Waals surface area contributed by atoms with Gasteiger partial charge in [-0.15, -0.1) is 0 Å². The maximum atomic E-state index is 12.4. The molecule has 1 amide bonds. The molecular weight excluding hydrogens is 330 g/mol. The van der Waals surface area contributed by atoms with Gasteiger partial charge in [-0.2, -0.15) is 0 Å². The summed E-state index contributed by atoms with van der Waals surface area (Å²) in [6, 6.07) is 1.67. The molecule has 1 saturated heterocycles. The number of aromatic nitrogens is 1. The third-order valence-corrected chi connectivity index (χ3v) is 5.36. The smallest absolute Gasteiger partial charge is 0.255 e. The van der Waals surface area contributed by atoms with Gasteiger partial charge < -0.3 is 20.1 Å². The molecule has 1 aromatic rings. The summed E-state index contributed by atoms with van der Waals surface area (Å²) in [5.41, 5.74) is 0.656. The van der Waals surface area contributed by atoms with E-state index in [0.717, 1.165) is 25.8 Å². The molecule has 1 aliphatic heterocycles. The molecule has 0 unspecified atom stereocenters. The molecule has 0 spiro atoms. The van der Waals surface area contributed by atoms with Crippen LogP contribution < -0.4 is 5.32 Å². The first kappa shape index (κ1) is 17.5. The van der Waals surface area contributed by atoms with Crippen LogP contribution in [-0.4, -0.2) is 60.4 Å². The fourth-order valence-electron chi connectivity index (χ4n) is 3.33. The van der Waals surface area contributed by atoms with Crippen LogP contribution in [0.25, 0.3) is 0 Å². The Morgan fingerprint density at radius 2 is 2.17 bits per heavy atom. The highest BCUT2D eigenvalue weighted by Gasteiger charge is 2.36. The van der Waals surface area contributed by atoms with Crippen LogP contribution in [0.2, 0.25) is 5.02 Å². The van der Waals surface area contributed by atoms with Crippen molar-refractivity contribution in [2.45, 2.75) is 25.7 Å². The van der Waals surface area contributed by atoms with Gasteiger partial charge in [0.2, 0.25) is 0 Å². The summed E-state index contributed by atoms with van der Waals surface area (Å²) >= 11 is 6.31. The van der Waals surface area contributed by atoms with Gasteiger partial charge in [0.05, 0.1) is 23.8 Å². The number of carbonyl (C=O) groups excluding carboxylic acids is 1. The van der Waals surface area contributed by atoms with E-state index in [1.165, 1.54) is 6.42 Å². The van der Waals surface area contributed by atoms with Crippen molar-refractivity contribution >= 4 is 23.3 Å². The molecule has 2 heterocycles. The Kier molecular flexibility index (Phi) is 5.58. The number of carbonyl (C=O) groups is 1. The van der Waals surface area contributed by atoms with Crippen LogP contribution in [0.1, 0.15) is 36.0 Å². The van der Waals surface area contributed by atoms with Gasteiger partial charge in [-0.05, 0) is 30.7 Å². The summed E-state index contributed by atoms with van der Waals surface area (Å²) in [4.78, 5) is 18.5. The number of anilines is 1. The van der Waals surface area contributed by atoms with E-state index in [-0.39, 0.29) is 17.9 Å². The fourth-order valence-corrected chi connectivity index (χ4v) is 3.57. The molecule has 2 N–H and O–H groups in total. The number of pyridine rings is 1. The van der Waals surface area contributed by atoms with E-state index >= 15 is 0 Å². The second-order valence-electron chi connectivity index (χ2n) is 6.64. The third kappa shape index (κ3) is 3.82. The Labute approximate surface area is 147 Å². The topological polar surface area (TPSA) is 74.7 Å². The zero-order chi connectivity index (χ0) is 17.0. The van der Waals surface area contributed by atoms with Crippen molar-refractivity contribution in [2.24, 2.45) is 5.41 Å². The van der Waals surface area contributed by atoms with Crippen molar-refractivity contribution in [3.05, 3.63) is 22.8 Å². The van der Waals surface area contributed by atoms with E-state index in [0.29, 0.717) is 42.7 Å². The van der Waals surface area contributed by atoms with Crippen molar-refractivity contribution in [1.82, 2.24) is 9.88 Å². The number of rotatable bonds is 6. The first-order chi connectivity index (χ1) is 11.6. The molecule has 7 heteroatoms. The van der Waals surface area contributed by atoms with Crippen LogP contribution in [0.3, 0.4) is 0 Å². The number of hydrogen-bond donors (Lipinski definition) is 2. The van der Waals surface area contributed by atoms with Crippen LogP contribution in [-0.2, 0) is 4.74 Å². The van der Waals surface area contributed by atoms with Gasteiger partial charge in [0.25, 0.3) is 5.91 Å². The number of aliphatic hydroxyl groups is 1. The number of morpholine rings is 1. The van der Waals surface area contributed by atoms with Crippen molar-refractivity contribution in [1.29, 1.82) is 0 Å². The molecule has 0 radical (unpaired) electrons. The number of nitrogens with zero attached hydrogens (tertiary/aromatic N) is 2. The molecule has 1 aliphatic carbocycles. The van der Waals surface area contributed by atoms with Crippen LogP contribution >= 0.6 is 11.6 Å². The minimum Gasteiger partial charge on any atom is -0.396 e. The van der Waals surface area contributed by atoms with Gasteiger partial charge in [0, 0.05) is 32.4 Å². The van der Waals surface area contributed by atoms with E-state index in [1.54, 1.807) is 17.2 Å². The number of ether oxygens (including phenoxy) is 1. The molecule has 0 atom stereocenters. The number of amides is 1. The first-order valence-corrected chi connectivity index (χ1v) is 8.89. The minimum absolute atomic E-state index is 0.0602. The van der Waals surface area contributed by atoms with Crippen molar-refractivity contribution in [3.63, 3.8) is 0 Å². The summed E-state index contributed by atoms with van der Waals surface area (Å²) in [5, 5.41) is 13.0. The molecule has 2 fully saturated rings. The number of aliphatic hydroxyl groups excluding tert-OH is 1. The molecule has 0 bridgehead atoms. The number of halogens is 1. The van der Waals surface area contributed by atoms with E-state index in [2.05, 4.69) is 10.3 Å². The largest absolute Gasteiger partial charge is 0.396 e. The van der Waals surface area contributed by atoms with Crippen LogP contribution in [0.4, 0.5) is 5.82 Å². The lowest BCUT2D eigenvalue weighted by molar-refractivity contribution is 0.0302. The van der Waals surface area contributed by atoms with Crippen LogP contribution in [0.5, 0.6) is 0 Å². The molecular formula is C17H24ClN3O3. The molecule has 3 rings (SSSR count). The second-order valence-corrected chi connectivity index (χ2v) is 7.05. The SMILES string of the molecule is O=C(c1cnc(NCC2(CCO)CCC2)c(Cl)c1)N1CCOCC1. The zero-order valence-corrected chi connectivity index (χ0v) is 14.5. The highest BCUT2D eigenvalue weighted by atomic mass is 35.5. The molecule has 24 heavy (non-hydrogen) atoms. The predicted molar refractivity (Wildman–Crippen MR) is 92.4 cm³/mol. The van der Waals surface area contributed by atoms with E-state index in [9.17, 15) is 9.90 Å². The van der Waals surface area contributed by atoms with Gasteiger partial charge in [0.15, 0.2) is 0 Å². The zero-order valence-electron chi connectivity index (χ0n) is 13.8. The lowest BCUT2D eigenvalue weighted by Crippen LogP contribution is -2.40. The van der Waals surface area contributed by atoms with Crippen molar-refractivity contribution in [3.8, 4) is 0 Å². The van der Waals surface area contributed by atoms with Crippen molar-refractivity contribution in [2.75, 3.05) is 44.8 Å². The van der Waals surface area contributed by atoms with E-state index < -0.39 is 0 Å². The first-order valence-electron chi connectivity index (χ1n) is 8.51. The summed E-state index contributed by atoms with van der Waals surface area (Å²) in [6.45, 7) is 3.28. The van der Waals surface area contributed by atoms with Crippen LogP contribution in [0.15, 0.2) is 12.3 Å².